The molecule has 306 valence electrons. The number of aryl methyl sites for hydroxylation is 1. The molecule has 5 aromatic rings. The van der Waals surface area contributed by atoms with Crippen molar-refractivity contribution in [2.24, 2.45) is 11.7 Å². The number of ketones is 1. The van der Waals surface area contributed by atoms with Crippen LogP contribution >= 0.6 is 15.9 Å². The number of nitrogens with two attached hydrogens (primary N) is 1. The van der Waals surface area contributed by atoms with Gasteiger partial charge in [0.2, 0.25) is 17.7 Å². The van der Waals surface area contributed by atoms with Crippen molar-refractivity contribution in [2.45, 2.75) is 76.1 Å². The second kappa shape index (κ2) is 21.2. The summed E-state index contributed by atoms with van der Waals surface area (Å²) >= 11 is 3.38. The molecule has 4 atom stereocenters. The number of amides is 4. The highest BCUT2D eigenvalue weighted by Gasteiger charge is 2.48. The lowest BCUT2D eigenvalue weighted by molar-refractivity contribution is -0.137. The number of benzene rings is 5. The van der Waals surface area contributed by atoms with Gasteiger partial charge in [0.05, 0.1) is 6.10 Å². The van der Waals surface area contributed by atoms with Crippen LogP contribution in [0.3, 0.4) is 0 Å². The van der Waals surface area contributed by atoms with E-state index in [1.54, 1.807) is 60.7 Å². The summed E-state index contributed by atoms with van der Waals surface area (Å²) in [4.78, 5) is 69.2. The van der Waals surface area contributed by atoms with Crippen LogP contribution in [-0.4, -0.2) is 58.2 Å². The van der Waals surface area contributed by atoms with Crippen LogP contribution in [0, 0.1) is 5.92 Å². The standard InChI is InChI=1S/C48H51BrN4O6/c1-32(2)29-41(46(58)51-40(44(50)56)30-34-15-8-4-9-16-34)52-47(59)48(31-35-17-10-5-11-18-35,42(54)20-12-19-33-13-6-3-7-14-33)53-45(57)38-23-21-36(22-24-38)43(55)37-25-27-39(49)28-26-37/h3-11,13-18,21-28,32,40-42,54H,12,19-20,29-31H2,1-2H3,(H2,50,56)(H,51,58)(H,52,59)(H,53,57)/t40?,41-,42+,48-/m0/s1. The maximum atomic E-state index is 15.0. The van der Waals surface area contributed by atoms with Crippen molar-refractivity contribution in [3.05, 3.63) is 177 Å². The molecule has 0 fully saturated rings. The zero-order valence-corrected chi connectivity index (χ0v) is 34.9. The Kier molecular flexibility index (Phi) is 15.9. The minimum Gasteiger partial charge on any atom is -0.390 e. The first-order chi connectivity index (χ1) is 28.3. The van der Waals surface area contributed by atoms with Crippen LogP contribution in [0.2, 0.25) is 0 Å². The fraction of sp³-hybridized carbons (Fsp3) is 0.271. The molecule has 11 heteroatoms. The van der Waals surface area contributed by atoms with E-state index in [4.69, 9.17) is 5.73 Å². The first-order valence-electron chi connectivity index (χ1n) is 19.8. The number of rotatable bonds is 20. The summed E-state index contributed by atoms with van der Waals surface area (Å²) in [6.45, 7) is 3.79. The number of halogens is 1. The Morgan fingerprint density at radius 2 is 1.17 bits per heavy atom. The normalized spacial score (nSPS) is 13.6. The Morgan fingerprint density at radius 3 is 1.71 bits per heavy atom. The maximum absolute atomic E-state index is 15.0. The van der Waals surface area contributed by atoms with Crippen molar-refractivity contribution in [2.75, 3.05) is 0 Å². The predicted molar refractivity (Wildman–Crippen MR) is 232 cm³/mol. The molecule has 0 bridgehead atoms. The summed E-state index contributed by atoms with van der Waals surface area (Å²) in [5, 5.41) is 20.8. The van der Waals surface area contributed by atoms with Gasteiger partial charge in [-0.3, -0.25) is 24.0 Å². The first kappa shape index (κ1) is 44.2. The largest absolute Gasteiger partial charge is 0.390 e. The summed E-state index contributed by atoms with van der Waals surface area (Å²) in [5.74, 6) is -3.12. The lowest BCUT2D eigenvalue weighted by Crippen LogP contribution is -2.68. The van der Waals surface area contributed by atoms with Gasteiger partial charge in [-0.15, -0.1) is 0 Å². The molecule has 0 aliphatic heterocycles. The van der Waals surface area contributed by atoms with Crippen molar-refractivity contribution in [3.63, 3.8) is 0 Å². The predicted octanol–water partition coefficient (Wildman–Crippen LogP) is 6.52. The molecule has 5 aromatic carbocycles. The number of nitrogens with one attached hydrogen (secondary N) is 3. The minimum absolute atomic E-state index is 0.0836. The van der Waals surface area contributed by atoms with E-state index >= 15 is 4.79 Å². The number of carbonyl (C=O) groups is 5. The molecule has 0 aromatic heterocycles. The number of aliphatic hydroxyl groups excluding tert-OH is 1. The van der Waals surface area contributed by atoms with E-state index < -0.39 is 47.4 Å². The average Bonchev–Trinajstić information content (AvgIpc) is 3.23. The van der Waals surface area contributed by atoms with Crippen LogP contribution in [0.1, 0.15) is 76.1 Å². The fourth-order valence-electron chi connectivity index (χ4n) is 6.99. The van der Waals surface area contributed by atoms with Gasteiger partial charge in [0, 0.05) is 34.0 Å². The Balaban J connectivity index is 1.48. The molecule has 10 nitrogen and oxygen atoms in total. The lowest BCUT2D eigenvalue weighted by atomic mass is 9.81. The topological polar surface area (TPSA) is 168 Å². The lowest BCUT2D eigenvalue weighted by Gasteiger charge is -2.39. The van der Waals surface area contributed by atoms with Crippen molar-refractivity contribution in [1.29, 1.82) is 0 Å². The number of primary amides is 1. The fourth-order valence-corrected chi connectivity index (χ4v) is 7.26. The third-order valence-corrected chi connectivity index (χ3v) is 10.7. The summed E-state index contributed by atoms with van der Waals surface area (Å²) in [6.07, 6.45) is -0.00465. The molecule has 4 amide bonds. The molecule has 0 aliphatic rings. The molecule has 59 heavy (non-hydrogen) atoms. The van der Waals surface area contributed by atoms with E-state index in [0.29, 0.717) is 29.5 Å². The van der Waals surface area contributed by atoms with Gasteiger partial charge in [-0.1, -0.05) is 133 Å². The zero-order valence-electron chi connectivity index (χ0n) is 33.3. The van der Waals surface area contributed by atoms with Gasteiger partial charge in [-0.2, -0.15) is 0 Å². The van der Waals surface area contributed by atoms with Gasteiger partial charge < -0.3 is 26.8 Å². The molecule has 0 saturated carbocycles. The Labute approximate surface area is 354 Å². The summed E-state index contributed by atoms with van der Waals surface area (Å²) in [6, 6.07) is 38.7. The van der Waals surface area contributed by atoms with Gasteiger partial charge in [0.15, 0.2) is 5.78 Å². The van der Waals surface area contributed by atoms with Gasteiger partial charge in [0.1, 0.15) is 17.6 Å². The van der Waals surface area contributed by atoms with E-state index in [1.165, 1.54) is 12.1 Å². The maximum Gasteiger partial charge on any atom is 0.252 e. The SMILES string of the molecule is CC(C)C[C@H](NC(=O)[C@@](Cc1ccccc1)(NC(=O)c1ccc(C(=O)c2ccc(Br)cc2)cc1)[C@H](O)CCCc1ccccc1)C(=O)NC(Cc1ccccc1)C(N)=O. The number of hydrogen-bond donors (Lipinski definition) is 5. The quantitative estimate of drug-likeness (QED) is 0.0559. The van der Waals surface area contributed by atoms with Crippen molar-refractivity contribution >= 4 is 45.3 Å². The molecular formula is C48H51BrN4O6. The molecule has 0 heterocycles. The van der Waals surface area contributed by atoms with Crippen molar-refractivity contribution in [1.82, 2.24) is 16.0 Å². The van der Waals surface area contributed by atoms with E-state index in [1.807, 2.05) is 80.6 Å². The van der Waals surface area contributed by atoms with Crippen LogP contribution in [0.25, 0.3) is 0 Å². The van der Waals surface area contributed by atoms with Gasteiger partial charge in [0.25, 0.3) is 5.91 Å². The molecule has 1 unspecified atom stereocenters. The van der Waals surface area contributed by atoms with Crippen LogP contribution in [0.5, 0.6) is 0 Å². The second-order valence-electron chi connectivity index (χ2n) is 15.2. The molecule has 0 saturated heterocycles. The Morgan fingerprint density at radius 1 is 0.661 bits per heavy atom. The second-order valence-corrected chi connectivity index (χ2v) is 16.1. The highest BCUT2D eigenvalue weighted by Crippen LogP contribution is 2.26. The van der Waals surface area contributed by atoms with Gasteiger partial charge in [-0.05, 0) is 84.7 Å². The summed E-state index contributed by atoms with van der Waals surface area (Å²) < 4.78 is 0.834. The summed E-state index contributed by atoms with van der Waals surface area (Å²) in [5.41, 5.74) is 7.25. The van der Waals surface area contributed by atoms with E-state index in [0.717, 1.165) is 15.6 Å². The number of carbonyl (C=O) groups excluding carboxylic acids is 5. The van der Waals surface area contributed by atoms with E-state index in [-0.39, 0.29) is 42.9 Å². The highest BCUT2D eigenvalue weighted by molar-refractivity contribution is 9.10. The van der Waals surface area contributed by atoms with Crippen LogP contribution in [0.4, 0.5) is 0 Å². The molecule has 5 rings (SSSR count). The van der Waals surface area contributed by atoms with E-state index in [9.17, 15) is 24.3 Å². The Bertz CT molecular complexity index is 2170. The minimum atomic E-state index is -1.98. The molecule has 0 radical (unpaired) electrons. The molecular weight excluding hydrogens is 808 g/mol. The third kappa shape index (κ3) is 12.5. The average molecular weight is 860 g/mol. The first-order valence-corrected chi connectivity index (χ1v) is 20.6. The highest BCUT2D eigenvalue weighted by atomic mass is 79.9. The summed E-state index contributed by atoms with van der Waals surface area (Å²) in [7, 11) is 0. The van der Waals surface area contributed by atoms with Crippen molar-refractivity contribution in [3.8, 4) is 0 Å². The monoisotopic (exact) mass is 858 g/mol. The van der Waals surface area contributed by atoms with E-state index in [2.05, 4.69) is 31.9 Å². The number of hydrogen-bond acceptors (Lipinski definition) is 6. The van der Waals surface area contributed by atoms with Crippen molar-refractivity contribution < 1.29 is 29.1 Å². The molecule has 6 N–H and O–H groups in total. The zero-order chi connectivity index (χ0) is 42.4. The smallest absolute Gasteiger partial charge is 0.252 e. The van der Waals surface area contributed by atoms with Crippen LogP contribution < -0.4 is 21.7 Å². The number of aliphatic hydroxyl groups is 1. The third-order valence-electron chi connectivity index (χ3n) is 10.2. The van der Waals surface area contributed by atoms with Gasteiger partial charge in [-0.25, -0.2) is 0 Å². The van der Waals surface area contributed by atoms with Crippen LogP contribution in [-0.2, 0) is 33.6 Å². The molecule has 0 aliphatic carbocycles. The van der Waals surface area contributed by atoms with Gasteiger partial charge >= 0.3 is 0 Å². The van der Waals surface area contributed by atoms with Crippen LogP contribution in [0.15, 0.2) is 144 Å². The Hall–Kier alpha value is -5.91. The molecule has 0 spiro atoms.